The third-order valence-electron chi connectivity index (χ3n) is 2.19. The topological polar surface area (TPSA) is 55.2 Å². The molecule has 1 aromatic carbocycles. The highest BCUT2D eigenvalue weighted by Gasteiger charge is 2.11. The Morgan fingerprint density at radius 2 is 2.12 bits per heavy atom. The third kappa shape index (κ3) is 5.19. The smallest absolute Gasteiger partial charge is 0.282 e. The van der Waals surface area contributed by atoms with E-state index in [0.717, 1.165) is 23.6 Å². The summed E-state index contributed by atoms with van der Waals surface area (Å²) in [6, 6.07) is 7.38. The first-order chi connectivity index (χ1) is 8.11. The molecule has 0 unspecified atom stereocenters. The van der Waals surface area contributed by atoms with Gasteiger partial charge in [-0.2, -0.15) is 0 Å². The number of nitrogens with zero attached hydrogens (tertiary/aromatic N) is 1. The molecule has 0 saturated carbocycles. The van der Waals surface area contributed by atoms with Gasteiger partial charge in [0, 0.05) is 12.1 Å². The Labute approximate surface area is 106 Å². The van der Waals surface area contributed by atoms with Crippen LogP contribution >= 0.6 is 11.8 Å². The van der Waals surface area contributed by atoms with Crippen molar-refractivity contribution in [1.82, 2.24) is 5.32 Å². The molecule has 0 saturated heterocycles. The van der Waals surface area contributed by atoms with Crippen LogP contribution in [-0.4, -0.2) is 23.3 Å². The van der Waals surface area contributed by atoms with Crippen LogP contribution in [-0.2, 0) is 0 Å². The second-order valence-corrected chi connectivity index (χ2v) is 5.17. The number of nitro benzene ring substituents is 1. The molecule has 0 fully saturated rings. The molecule has 1 rings (SSSR count). The predicted octanol–water partition coefficient (Wildman–Crippen LogP) is 3.08. The predicted molar refractivity (Wildman–Crippen MR) is 71.6 cm³/mol. The van der Waals surface area contributed by atoms with Gasteiger partial charge in [-0.3, -0.25) is 10.1 Å². The van der Waals surface area contributed by atoms with Gasteiger partial charge >= 0.3 is 0 Å². The molecule has 0 bridgehead atoms. The Balaban J connectivity index is 2.39. The number of benzene rings is 1. The van der Waals surface area contributed by atoms with E-state index in [0.29, 0.717) is 6.04 Å². The van der Waals surface area contributed by atoms with E-state index in [1.807, 2.05) is 6.07 Å². The molecule has 0 aliphatic heterocycles. The number of nitro groups is 1. The minimum absolute atomic E-state index is 0.203. The monoisotopic (exact) mass is 254 g/mol. The molecule has 0 aromatic heterocycles. The molecule has 1 N–H and O–H groups in total. The minimum atomic E-state index is -0.325. The lowest BCUT2D eigenvalue weighted by molar-refractivity contribution is -0.387. The Morgan fingerprint density at radius 1 is 1.41 bits per heavy atom. The molecule has 0 atom stereocenters. The molecule has 0 aliphatic rings. The first-order valence-electron chi connectivity index (χ1n) is 5.71. The summed E-state index contributed by atoms with van der Waals surface area (Å²) < 4.78 is 0. The van der Waals surface area contributed by atoms with Gasteiger partial charge in [0.15, 0.2) is 0 Å². The van der Waals surface area contributed by atoms with Crippen molar-refractivity contribution in [2.24, 2.45) is 0 Å². The van der Waals surface area contributed by atoms with Crippen molar-refractivity contribution in [3.8, 4) is 0 Å². The Morgan fingerprint density at radius 3 is 2.76 bits per heavy atom. The van der Waals surface area contributed by atoms with E-state index in [2.05, 4.69) is 19.2 Å². The maximum Gasteiger partial charge on any atom is 0.282 e. The zero-order valence-electron chi connectivity index (χ0n) is 10.2. The second-order valence-electron chi connectivity index (χ2n) is 4.04. The van der Waals surface area contributed by atoms with E-state index in [-0.39, 0.29) is 10.6 Å². The van der Waals surface area contributed by atoms with Crippen LogP contribution in [0.4, 0.5) is 5.69 Å². The number of hydrogen-bond donors (Lipinski definition) is 1. The summed E-state index contributed by atoms with van der Waals surface area (Å²) in [6.07, 6.45) is 1.01. The standard InChI is InChI=1S/C12H18N2O2S/c1-10(2)13-8-5-9-17-12-7-4-3-6-11(12)14(15)16/h3-4,6-7,10,13H,5,8-9H2,1-2H3. The van der Waals surface area contributed by atoms with Crippen LogP contribution in [0.15, 0.2) is 29.2 Å². The molecular formula is C12H18N2O2S. The third-order valence-corrected chi connectivity index (χ3v) is 3.34. The zero-order valence-corrected chi connectivity index (χ0v) is 11.0. The molecule has 94 valence electrons. The molecule has 1 aromatic rings. The summed E-state index contributed by atoms with van der Waals surface area (Å²) in [5.41, 5.74) is 0.203. The van der Waals surface area contributed by atoms with Crippen molar-refractivity contribution in [2.45, 2.75) is 31.2 Å². The van der Waals surface area contributed by atoms with Crippen LogP contribution in [0.5, 0.6) is 0 Å². The number of rotatable bonds is 7. The first-order valence-corrected chi connectivity index (χ1v) is 6.69. The lowest BCUT2D eigenvalue weighted by atomic mass is 10.3. The molecule has 0 amide bonds. The van der Waals surface area contributed by atoms with Gasteiger partial charge in [-0.1, -0.05) is 26.0 Å². The van der Waals surface area contributed by atoms with Gasteiger partial charge in [-0.15, -0.1) is 11.8 Å². The van der Waals surface area contributed by atoms with E-state index >= 15 is 0 Å². The fraction of sp³-hybridized carbons (Fsp3) is 0.500. The van der Waals surface area contributed by atoms with Crippen molar-refractivity contribution < 1.29 is 4.92 Å². The van der Waals surface area contributed by atoms with Crippen molar-refractivity contribution in [3.63, 3.8) is 0 Å². The van der Waals surface area contributed by atoms with E-state index < -0.39 is 0 Å². The van der Waals surface area contributed by atoms with Gasteiger partial charge in [0.2, 0.25) is 0 Å². The lowest BCUT2D eigenvalue weighted by Gasteiger charge is -2.07. The number of nitrogens with one attached hydrogen (secondary N) is 1. The Kier molecular flexibility index (Phi) is 6.00. The van der Waals surface area contributed by atoms with Crippen LogP contribution < -0.4 is 5.32 Å². The van der Waals surface area contributed by atoms with Crippen molar-refractivity contribution in [3.05, 3.63) is 34.4 Å². The van der Waals surface area contributed by atoms with E-state index in [4.69, 9.17) is 0 Å². The van der Waals surface area contributed by atoms with Crippen LogP contribution in [0.1, 0.15) is 20.3 Å². The molecule has 0 aliphatic carbocycles. The van der Waals surface area contributed by atoms with Crippen LogP contribution in [0.25, 0.3) is 0 Å². The normalized spacial score (nSPS) is 10.8. The van der Waals surface area contributed by atoms with Crippen LogP contribution in [0.2, 0.25) is 0 Å². The quantitative estimate of drug-likeness (QED) is 0.351. The molecule has 4 nitrogen and oxygen atoms in total. The fourth-order valence-corrected chi connectivity index (χ4v) is 2.35. The summed E-state index contributed by atoms with van der Waals surface area (Å²) in [7, 11) is 0. The van der Waals surface area contributed by atoms with E-state index in [1.54, 1.807) is 30.0 Å². The molecule has 0 spiro atoms. The summed E-state index contributed by atoms with van der Waals surface area (Å²) >= 11 is 1.55. The summed E-state index contributed by atoms with van der Waals surface area (Å²) in [5.74, 6) is 0.893. The van der Waals surface area contributed by atoms with E-state index in [1.165, 1.54) is 0 Å². The van der Waals surface area contributed by atoms with Crippen molar-refractivity contribution in [1.29, 1.82) is 0 Å². The Hall–Kier alpha value is -1.07. The first kappa shape index (κ1) is 14.0. The van der Waals surface area contributed by atoms with Gasteiger partial charge in [0.1, 0.15) is 0 Å². The van der Waals surface area contributed by atoms with Gasteiger partial charge < -0.3 is 5.32 Å². The minimum Gasteiger partial charge on any atom is -0.315 e. The molecule has 17 heavy (non-hydrogen) atoms. The van der Waals surface area contributed by atoms with Crippen LogP contribution in [0.3, 0.4) is 0 Å². The van der Waals surface area contributed by atoms with E-state index in [9.17, 15) is 10.1 Å². The number of hydrogen-bond acceptors (Lipinski definition) is 4. The largest absolute Gasteiger partial charge is 0.315 e. The zero-order chi connectivity index (χ0) is 12.7. The molecule has 5 heteroatoms. The van der Waals surface area contributed by atoms with Gasteiger partial charge in [-0.05, 0) is 24.8 Å². The van der Waals surface area contributed by atoms with Crippen molar-refractivity contribution >= 4 is 17.4 Å². The maximum absolute atomic E-state index is 10.8. The average molecular weight is 254 g/mol. The highest BCUT2D eigenvalue weighted by atomic mass is 32.2. The van der Waals surface area contributed by atoms with Gasteiger partial charge in [-0.25, -0.2) is 0 Å². The van der Waals surface area contributed by atoms with Gasteiger partial charge in [0.25, 0.3) is 5.69 Å². The van der Waals surface area contributed by atoms with Gasteiger partial charge in [0.05, 0.1) is 9.82 Å². The lowest BCUT2D eigenvalue weighted by Crippen LogP contribution is -2.23. The summed E-state index contributed by atoms with van der Waals surface area (Å²) in [6.45, 7) is 5.16. The number of para-hydroxylation sites is 1. The van der Waals surface area contributed by atoms with Crippen LogP contribution in [0, 0.1) is 10.1 Å². The highest BCUT2D eigenvalue weighted by Crippen LogP contribution is 2.28. The molecular weight excluding hydrogens is 236 g/mol. The summed E-state index contributed by atoms with van der Waals surface area (Å²) in [5, 5.41) is 14.1. The average Bonchev–Trinajstić information content (AvgIpc) is 2.28. The highest BCUT2D eigenvalue weighted by molar-refractivity contribution is 7.99. The second kappa shape index (κ2) is 7.29. The summed E-state index contributed by atoms with van der Waals surface area (Å²) in [4.78, 5) is 11.2. The maximum atomic E-state index is 10.8. The number of thioether (sulfide) groups is 1. The SMILES string of the molecule is CC(C)NCCCSc1ccccc1[N+](=O)[O-]. The van der Waals surface area contributed by atoms with Crippen molar-refractivity contribution in [2.75, 3.05) is 12.3 Å². The molecule has 0 radical (unpaired) electrons. The fourth-order valence-electron chi connectivity index (χ4n) is 1.38. The molecule has 0 heterocycles. The Bertz CT molecular complexity index is 369.